The van der Waals surface area contributed by atoms with Gasteiger partial charge in [0.2, 0.25) is 5.91 Å². The number of amides is 1. The standard InChI is InChI=1S/C34H42N4O12.Y/c1-16-11-18-7-3-4-9-20(18)27-29(21-10-6-5-8-19(16)21)38(37-36-27)14-24(42)31(45)32-28(35-17(2)39)23(41)13-34(50-32,33(46)47)48-15-25-30(44)22(40)12-26(43)49-25;/h3-10,16,22-26,28,30-32,40-45H,11-15H2,1-2H3,(H,35,39)(H,46,47);. The molecule has 0 saturated carbocycles. The number of aromatic nitrogens is 3. The monoisotopic (exact) mass is 787 g/mol. The van der Waals surface area contributed by atoms with Gasteiger partial charge in [-0.2, -0.15) is 0 Å². The van der Waals surface area contributed by atoms with Crippen LogP contribution in [-0.4, -0.2) is 130 Å². The fraction of sp³-hybridized carbons (Fsp3) is 0.529. The van der Waals surface area contributed by atoms with Crippen LogP contribution in [0.2, 0.25) is 0 Å². The number of carboxylic acids is 1. The minimum Gasteiger partial charge on any atom is -0.477 e. The number of ether oxygens (including phenoxy) is 3. The van der Waals surface area contributed by atoms with Crippen LogP contribution >= 0.6 is 0 Å². The van der Waals surface area contributed by atoms with Gasteiger partial charge in [0, 0.05) is 63.6 Å². The number of hydrogen-bond acceptors (Lipinski definition) is 13. The van der Waals surface area contributed by atoms with Gasteiger partial charge in [-0.1, -0.05) is 60.7 Å². The van der Waals surface area contributed by atoms with Crippen LogP contribution in [0.4, 0.5) is 0 Å². The van der Waals surface area contributed by atoms with Crippen LogP contribution in [0.25, 0.3) is 22.5 Å². The molecule has 51 heavy (non-hydrogen) atoms. The van der Waals surface area contributed by atoms with Gasteiger partial charge in [0.05, 0.1) is 37.1 Å². The van der Waals surface area contributed by atoms with Crippen LogP contribution in [0.15, 0.2) is 48.5 Å². The molecule has 273 valence electrons. The number of benzene rings is 2. The van der Waals surface area contributed by atoms with Crippen molar-refractivity contribution in [2.24, 2.45) is 0 Å². The molecule has 11 atom stereocenters. The van der Waals surface area contributed by atoms with Gasteiger partial charge in [-0.25, -0.2) is 9.48 Å². The summed E-state index contributed by atoms with van der Waals surface area (Å²) in [7, 11) is 0. The fourth-order valence-electron chi connectivity index (χ4n) is 7.14. The van der Waals surface area contributed by atoms with Crippen molar-refractivity contribution in [3.05, 3.63) is 59.7 Å². The van der Waals surface area contributed by atoms with Gasteiger partial charge < -0.3 is 55.3 Å². The zero-order valence-corrected chi connectivity index (χ0v) is 30.9. The van der Waals surface area contributed by atoms with Crippen LogP contribution < -0.4 is 5.32 Å². The molecule has 2 saturated heterocycles. The Morgan fingerprint density at radius 3 is 2.45 bits per heavy atom. The first-order valence-electron chi connectivity index (χ1n) is 16.5. The number of aliphatic hydroxyl groups is 6. The third kappa shape index (κ3) is 7.96. The molecule has 1 amide bonds. The predicted octanol–water partition coefficient (Wildman–Crippen LogP) is -0.728. The summed E-state index contributed by atoms with van der Waals surface area (Å²) in [5.74, 6) is -4.90. The molecule has 3 heterocycles. The number of carbonyl (C=O) groups is 2. The summed E-state index contributed by atoms with van der Waals surface area (Å²) in [5, 5.41) is 86.1. The first-order chi connectivity index (χ1) is 23.8. The molecule has 1 aromatic heterocycles. The van der Waals surface area contributed by atoms with Gasteiger partial charge in [-0.05, 0) is 23.5 Å². The van der Waals surface area contributed by atoms with Crippen molar-refractivity contribution in [2.75, 3.05) is 6.61 Å². The van der Waals surface area contributed by atoms with Crippen molar-refractivity contribution < 1.29 is 92.3 Å². The number of aliphatic carboxylic acids is 1. The molecule has 0 bridgehead atoms. The van der Waals surface area contributed by atoms with Gasteiger partial charge in [-0.3, -0.25) is 4.79 Å². The van der Waals surface area contributed by atoms with E-state index in [1.807, 2.05) is 48.5 Å². The third-order valence-corrected chi connectivity index (χ3v) is 9.67. The van der Waals surface area contributed by atoms with Crippen LogP contribution in [0.5, 0.6) is 0 Å². The molecule has 0 spiro atoms. The molecule has 1 radical (unpaired) electrons. The van der Waals surface area contributed by atoms with E-state index < -0.39 is 85.8 Å². The molecule has 2 aliphatic heterocycles. The molecule has 3 aliphatic rings. The maximum atomic E-state index is 12.7. The van der Waals surface area contributed by atoms with E-state index in [1.54, 1.807) is 0 Å². The fourth-order valence-corrected chi connectivity index (χ4v) is 7.14. The van der Waals surface area contributed by atoms with Crippen LogP contribution in [0.1, 0.15) is 43.7 Å². The molecular formula is C34H42N4O12Y. The van der Waals surface area contributed by atoms with Gasteiger partial charge >= 0.3 is 5.97 Å². The average molecular weight is 788 g/mol. The van der Waals surface area contributed by atoms with Crippen LogP contribution in [0.3, 0.4) is 0 Å². The second kappa shape index (κ2) is 16.1. The molecule has 8 N–H and O–H groups in total. The largest absolute Gasteiger partial charge is 0.477 e. The summed E-state index contributed by atoms with van der Waals surface area (Å²) >= 11 is 0. The quantitative estimate of drug-likeness (QED) is 0.133. The van der Waals surface area contributed by atoms with E-state index in [0.29, 0.717) is 11.4 Å². The van der Waals surface area contributed by atoms with Gasteiger partial charge in [0.1, 0.15) is 36.2 Å². The molecule has 2 aromatic carbocycles. The van der Waals surface area contributed by atoms with E-state index in [0.717, 1.165) is 35.6 Å². The normalized spacial score (nSPS) is 31.4. The molecule has 2 fully saturated rings. The molecule has 17 heteroatoms. The van der Waals surface area contributed by atoms with Crippen molar-refractivity contribution in [3.63, 3.8) is 0 Å². The minimum absolute atomic E-state index is 0. The number of fused-ring (bicyclic) bond motifs is 5. The summed E-state index contributed by atoms with van der Waals surface area (Å²) in [5.41, 5.74) is 4.95. The van der Waals surface area contributed by atoms with Gasteiger partial charge in [-0.15, -0.1) is 5.10 Å². The van der Waals surface area contributed by atoms with Crippen molar-refractivity contribution in [3.8, 4) is 22.5 Å². The van der Waals surface area contributed by atoms with E-state index >= 15 is 0 Å². The minimum atomic E-state index is -2.67. The number of carboxylic acid groups (broad SMARTS) is 1. The summed E-state index contributed by atoms with van der Waals surface area (Å²) < 4.78 is 18.1. The second-order valence-corrected chi connectivity index (χ2v) is 13.2. The Morgan fingerprint density at radius 2 is 1.75 bits per heavy atom. The smallest absolute Gasteiger partial charge is 0.364 e. The summed E-state index contributed by atoms with van der Waals surface area (Å²) in [6.07, 6.45) is -13.1. The topological polar surface area (TPSA) is 246 Å². The third-order valence-electron chi connectivity index (χ3n) is 9.67. The molecule has 11 unspecified atom stereocenters. The van der Waals surface area contributed by atoms with E-state index in [9.17, 15) is 45.3 Å². The maximum absolute atomic E-state index is 12.7. The van der Waals surface area contributed by atoms with E-state index in [-0.39, 0.29) is 51.6 Å². The number of hydrogen-bond donors (Lipinski definition) is 8. The van der Waals surface area contributed by atoms with Crippen molar-refractivity contribution in [1.29, 1.82) is 0 Å². The maximum Gasteiger partial charge on any atom is 0.364 e. The van der Waals surface area contributed by atoms with Gasteiger partial charge in [0.15, 0.2) is 6.29 Å². The molecule has 3 aromatic rings. The average Bonchev–Trinajstić information content (AvgIpc) is 3.48. The Hall–Kier alpha value is -2.74. The van der Waals surface area contributed by atoms with Crippen molar-refractivity contribution in [1.82, 2.24) is 20.3 Å². The van der Waals surface area contributed by atoms with E-state index in [2.05, 4.69) is 22.6 Å². The zero-order valence-electron chi connectivity index (χ0n) is 28.0. The van der Waals surface area contributed by atoms with E-state index in [4.69, 9.17) is 14.2 Å². The Labute approximate surface area is 318 Å². The van der Waals surface area contributed by atoms with Crippen LogP contribution in [-0.2, 0) is 69.5 Å². The summed E-state index contributed by atoms with van der Waals surface area (Å²) in [6, 6.07) is 14.2. The molecular weight excluding hydrogens is 745 g/mol. The van der Waals surface area contributed by atoms with Crippen molar-refractivity contribution in [2.45, 2.75) is 106 Å². The first kappa shape index (κ1) is 39.5. The molecule has 6 rings (SSSR count). The number of carbonyl (C=O) groups excluding carboxylic acids is 1. The molecule has 1 aliphatic carbocycles. The number of aliphatic hydroxyl groups excluding tert-OH is 6. The van der Waals surface area contributed by atoms with Gasteiger partial charge in [0.25, 0.3) is 5.79 Å². The Morgan fingerprint density at radius 1 is 1.06 bits per heavy atom. The second-order valence-electron chi connectivity index (χ2n) is 13.2. The predicted molar refractivity (Wildman–Crippen MR) is 172 cm³/mol. The van der Waals surface area contributed by atoms with Crippen molar-refractivity contribution >= 4 is 11.9 Å². The molecule has 16 nitrogen and oxygen atoms in total. The SMILES string of the molecule is CC(=O)NC1C(O)CC(OCC2OC(O)CC(O)C2O)(C(=O)O)OC1C(O)C(O)Cn1nnc2c1-c1ccccc1C(C)Cc1ccccc1-2.[Y]. The number of nitrogens with one attached hydrogen (secondary N) is 1. The van der Waals surface area contributed by atoms with Crippen LogP contribution in [0, 0.1) is 0 Å². The summed E-state index contributed by atoms with van der Waals surface area (Å²) in [4.78, 5) is 24.8. The number of nitrogens with zero attached hydrogens (tertiary/aromatic N) is 3. The number of rotatable bonds is 9. The Kier molecular flexibility index (Phi) is 12.5. The Balaban J connectivity index is 0.00000504. The summed E-state index contributed by atoms with van der Waals surface area (Å²) in [6.45, 7) is 2.21. The van der Waals surface area contributed by atoms with E-state index in [1.165, 1.54) is 4.68 Å². The first-order valence-corrected chi connectivity index (χ1v) is 16.5. The Bertz CT molecular complexity index is 1710. The zero-order chi connectivity index (χ0) is 35.9.